The summed E-state index contributed by atoms with van der Waals surface area (Å²) in [4.78, 5) is 30.4. The van der Waals surface area contributed by atoms with Gasteiger partial charge in [0.1, 0.15) is 5.69 Å². The van der Waals surface area contributed by atoms with Crippen molar-refractivity contribution in [2.24, 2.45) is 0 Å². The second-order valence-electron chi connectivity index (χ2n) is 6.16. The van der Waals surface area contributed by atoms with Gasteiger partial charge in [-0.25, -0.2) is 0 Å². The number of carbonyl (C=O) groups excluding carboxylic acids is 2. The van der Waals surface area contributed by atoms with Gasteiger partial charge in [-0.05, 0) is 38.7 Å². The van der Waals surface area contributed by atoms with Crippen molar-refractivity contribution in [1.29, 1.82) is 0 Å². The van der Waals surface area contributed by atoms with E-state index in [2.05, 4.69) is 15.6 Å². The van der Waals surface area contributed by atoms with Crippen LogP contribution >= 0.6 is 0 Å². The van der Waals surface area contributed by atoms with Gasteiger partial charge in [-0.1, -0.05) is 29.8 Å². The topological polar surface area (TPSA) is 74.3 Å². The zero-order valence-corrected chi connectivity index (χ0v) is 14.9. The number of amides is 2. The highest BCUT2D eigenvalue weighted by Gasteiger charge is 2.11. The molecule has 0 saturated heterocycles. The number of hydrogen-bond donors (Lipinski definition) is 2. The van der Waals surface area contributed by atoms with Gasteiger partial charge in [0, 0.05) is 31.4 Å². The van der Waals surface area contributed by atoms with E-state index in [4.69, 9.17) is 0 Å². The van der Waals surface area contributed by atoms with Gasteiger partial charge in [0.15, 0.2) is 0 Å². The van der Waals surface area contributed by atoms with Crippen LogP contribution in [0.3, 0.4) is 0 Å². The summed E-state index contributed by atoms with van der Waals surface area (Å²) in [6, 6.07) is 11.1. The Morgan fingerprint density at radius 3 is 2.44 bits per heavy atom. The van der Waals surface area contributed by atoms with Crippen molar-refractivity contribution < 1.29 is 9.59 Å². The minimum absolute atomic E-state index is 0.231. The zero-order chi connectivity index (χ0) is 18.2. The van der Waals surface area contributed by atoms with Crippen molar-refractivity contribution in [1.82, 2.24) is 20.5 Å². The first kappa shape index (κ1) is 18.6. The number of pyridine rings is 1. The molecule has 2 N–H and O–H groups in total. The highest BCUT2D eigenvalue weighted by atomic mass is 16.2. The smallest absolute Gasteiger partial charge is 0.269 e. The lowest BCUT2D eigenvalue weighted by Gasteiger charge is -2.10. The standard InChI is InChI=1S/C19H24N4O2/c1-14-4-6-15(7-5-14)13-22-18(24)16-8-9-20-17(12-16)19(25)21-10-11-23(2)3/h4-9,12H,10-11,13H2,1-3H3,(H,21,25)(H,22,24). The molecule has 6 heteroatoms. The minimum Gasteiger partial charge on any atom is -0.349 e. The van der Waals surface area contributed by atoms with Crippen LogP contribution in [0.4, 0.5) is 0 Å². The molecule has 25 heavy (non-hydrogen) atoms. The van der Waals surface area contributed by atoms with Gasteiger partial charge in [0.05, 0.1) is 0 Å². The molecule has 0 radical (unpaired) electrons. The molecule has 2 rings (SSSR count). The van der Waals surface area contributed by atoms with E-state index in [1.54, 1.807) is 6.07 Å². The molecule has 1 heterocycles. The molecule has 132 valence electrons. The van der Waals surface area contributed by atoms with E-state index < -0.39 is 0 Å². The van der Waals surface area contributed by atoms with E-state index in [1.807, 2.05) is 50.2 Å². The highest BCUT2D eigenvalue weighted by molar-refractivity contribution is 5.98. The molecular formula is C19H24N4O2. The summed E-state index contributed by atoms with van der Waals surface area (Å²) >= 11 is 0. The Balaban J connectivity index is 1.93. The van der Waals surface area contributed by atoms with Crippen LogP contribution in [0.5, 0.6) is 0 Å². The third-order valence-corrected chi connectivity index (χ3v) is 3.67. The molecule has 0 aliphatic carbocycles. The first-order valence-corrected chi connectivity index (χ1v) is 8.18. The normalized spacial score (nSPS) is 10.6. The molecule has 0 fully saturated rings. The van der Waals surface area contributed by atoms with E-state index in [1.165, 1.54) is 17.8 Å². The first-order chi connectivity index (χ1) is 12.0. The summed E-state index contributed by atoms with van der Waals surface area (Å²) in [5, 5.41) is 5.64. The maximum absolute atomic E-state index is 12.3. The molecule has 0 saturated carbocycles. The van der Waals surface area contributed by atoms with E-state index in [0.29, 0.717) is 18.7 Å². The van der Waals surface area contributed by atoms with Crippen molar-refractivity contribution in [2.45, 2.75) is 13.5 Å². The average Bonchev–Trinajstić information content (AvgIpc) is 2.60. The lowest BCUT2D eigenvalue weighted by molar-refractivity contribution is 0.0946. The van der Waals surface area contributed by atoms with Crippen LogP contribution < -0.4 is 10.6 Å². The van der Waals surface area contributed by atoms with Crippen molar-refractivity contribution in [3.63, 3.8) is 0 Å². The minimum atomic E-state index is -0.282. The van der Waals surface area contributed by atoms with Crippen LogP contribution in [-0.4, -0.2) is 48.9 Å². The Bertz CT molecular complexity index is 726. The van der Waals surface area contributed by atoms with E-state index in [0.717, 1.165) is 12.1 Å². The molecular weight excluding hydrogens is 316 g/mol. The van der Waals surface area contributed by atoms with Crippen LogP contribution in [0.2, 0.25) is 0 Å². The maximum atomic E-state index is 12.3. The molecule has 0 spiro atoms. The van der Waals surface area contributed by atoms with Gasteiger partial charge in [0.25, 0.3) is 11.8 Å². The van der Waals surface area contributed by atoms with Gasteiger partial charge < -0.3 is 15.5 Å². The number of aryl methyl sites for hydroxylation is 1. The van der Waals surface area contributed by atoms with Gasteiger partial charge in [-0.15, -0.1) is 0 Å². The molecule has 0 aliphatic heterocycles. The van der Waals surface area contributed by atoms with E-state index in [9.17, 15) is 9.59 Å². The average molecular weight is 340 g/mol. The fourth-order valence-electron chi connectivity index (χ4n) is 2.17. The van der Waals surface area contributed by atoms with Crippen molar-refractivity contribution in [2.75, 3.05) is 27.2 Å². The highest BCUT2D eigenvalue weighted by Crippen LogP contribution is 2.05. The van der Waals surface area contributed by atoms with Crippen LogP contribution in [0.1, 0.15) is 32.0 Å². The Kier molecular flexibility index (Phi) is 6.65. The number of hydrogen-bond acceptors (Lipinski definition) is 4. The van der Waals surface area contributed by atoms with Gasteiger partial charge in [-0.2, -0.15) is 0 Å². The van der Waals surface area contributed by atoms with Crippen molar-refractivity contribution in [3.8, 4) is 0 Å². The van der Waals surface area contributed by atoms with Crippen LogP contribution in [0.15, 0.2) is 42.6 Å². The first-order valence-electron chi connectivity index (χ1n) is 8.18. The van der Waals surface area contributed by atoms with Crippen LogP contribution in [-0.2, 0) is 6.54 Å². The largest absolute Gasteiger partial charge is 0.349 e. The van der Waals surface area contributed by atoms with E-state index in [-0.39, 0.29) is 17.5 Å². The molecule has 0 atom stereocenters. The molecule has 0 unspecified atom stereocenters. The van der Waals surface area contributed by atoms with Gasteiger partial charge in [0.2, 0.25) is 0 Å². The molecule has 2 aromatic rings. The molecule has 1 aromatic heterocycles. The second-order valence-corrected chi connectivity index (χ2v) is 6.16. The number of carbonyl (C=O) groups is 2. The summed E-state index contributed by atoms with van der Waals surface area (Å²) in [5.41, 5.74) is 2.85. The SMILES string of the molecule is Cc1ccc(CNC(=O)c2ccnc(C(=O)NCCN(C)C)c2)cc1. The molecule has 1 aromatic carbocycles. The predicted octanol–water partition coefficient (Wildman–Crippen LogP) is 1.61. The zero-order valence-electron chi connectivity index (χ0n) is 14.9. The number of aromatic nitrogens is 1. The summed E-state index contributed by atoms with van der Waals surface area (Å²) < 4.78 is 0. The summed E-state index contributed by atoms with van der Waals surface area (Å²) in [6.07, 6.45) is 1.47. The van der Waals surface area contributed by atoms with Crippen LogP contribution in [0.25, 0.3) is 0 Å². The predicted molar refractivity (Wildman–Crippen MR) is 97.5 cm³/mol. The number of rotatable bonds is 7. The molecule has 6 nitrogen and oxygen atoms in total. The Morgan fingerprint density at radius 1 is 1.04 bits per heavy atom. The van der Waals surface area contributed by atoms with Crippen molar-refractivity contribution >= 4 is 11.8 Å². The Labute approximate surface area is 148 Å². The molecule has 0 aliphatic rings. The fourth-order valence-corrected chi connectivity index (χ4v) is 2.17. The lowest BCUT2D eigenvalue weighted by atomic mass is 10.1. The Hall–Kier alpha value is -2.73. The molecule has 0 bridgehead atoms. The quantitative estimate of drug-likeness (QED) is 0.803. The third-order valence-electron chi connectivity index (χ3n) is 3.67. The lowest BCUT2D eigenvalue weighted by Crippen LogP contribution is -2.32. The second kappa shape index (κ2) is 8.94. The van der Waals surface area contributed by atoms with Gasteiger partial charge in [-0.3, -0.25) is 14.6 Å². The number of benzene rings is 1. The number of nitrogens with zero attached hydrogens (tertiary/aromatic N) is 2. The summed E-state index contributed by atoms with van der Waals surface area (Å²) in [7, 11) is 3.87. The third kappa shape index (κ3) is 6.00. The number of nitrogens with one attached hydrogen (secondary N) is 2. The fraction of sp³-hybridized carbons (Fsp3) is 0.316. The Morgan fingerprint density at radius 2 is 1.76 bits per heavy atom. The van der Waals surface area contributed by atoms with Gasteiger partial charge >= 0.3 is 0 Å². The maximum Gasteiger partial charge on any atom is 0.269 e. The van der Waals surface area contributed by atoms with E-state index >= 15 is 0 Å². The number of likely N-dealkylation sites (N-methyl/N-ethyl adjacent to an activating group) is 1. The summed E-state index contributed by atoms with van der Waals surface area (Å²) in [5.74, 6) is -0.514. The van der Waals surface area contributed by atoms with Crippen LogP contribution in [0, 0.1) is 6.92 Å². The van der Waals surface area contributed by atoms with Crippen molar-refractivity contribution in [3.05, 3.63) is 65.0 Å². The monoisotopic (exact) mass is 340 g/mol. The summed E-state index contributed by atoms with van der Waals surface area (Å²) in [6.45, 7) is 3.72. The molecule has 2 amide bonds.